The molecule has 2 heterocycles. The van der Waals surface area contributed by atoms with Gasteiger partial charge in [-0.3, -0.25) is 19.3 Å². The number of amides is 2. The predicted molar refractivity (Wildman–Crippen MR) is 113 cm³/mol. The number of rotatable bonds is 8. The Labute approximate surface area is 188 Å². The van der Waals surface area contributed by atoms with Crippen LogP contribution in [-0.2, 0) is 28.7 Å². The average Bonchev–Trinajstić information content (AvgIpc) is 2.75. The molecule has 10 nitrogen and oxygen atoms in total. The van der Waals surface area contributed by atoms with E-state index in [4.69, 9.17) is 9.47 Å². The number of hydrogen-bond donors (Lipinski definition) is 2. The number of ether oxygens (including phenoxy) is 3. The van der Waals surface area contributed by atoms with E-state index in [0.717, 1.165) is 17.4 Å². The van der Waals surface area contributed by atoms with Crippen LogP contribution < -0.4 is 10.1 Å². The summed E-state index contributed by atoms with van der Waals surface area (Å²) in [6.07, 6.45) is 0. The molecular weight excluding hydrogens is 440 g/mol. The third kappa shape index (κ3) is 5.16. The normalized spacial score (nSPS) is 19.8. The molecule has 2 aliphatic heterocycles. The first-order valence-corrected chi connectivity index (χ1v) is 10.9. The van der Waals surface area contributed by atoms with Crippen LogP contribution in [0.25, 0.3) is 0 Å². The molecule has 11 heteroatoms. The summed E-state index contributed by atoms with van der Waals surface area (Å²) in [5.41, 5.74) is 0.827. The molecule has 172 valence electrons. The minimum absolute atomic E-state index is 0.0531. The molecule has 0 spiro atoms. The lowest BCUT2D eigenvalue weighted by molar-refractivity contribution is -0.167. The van der Waals surface area contributed by atoms with Gasteiger partial charge in [-0.1, -0.05) is 26.0 Å². The molecule has 1 aromatic carbocycles. The van der Waals surface area contributed by atoms with Crippen molar-refractivity contribution in [3.8, 4) is 5.75 Å². The standard InChI is InChI=1S/C21H24N2O8S/c1-11(2)13-4-6-14(7-5-13)29-8-16(26)22-17-19(27)23-18(15(25)9-32-20(17)23)21(28)31-10-30-12(3)24/h4-7,11,17,20,25H,8-10H2,1-3H3,(H,22,26)/t17?,20-/m0/s1. The maximum atomic E-state index is 12.6. The zero-order valence-corrected chi connectivity index (χ0v) is 18.6. The minimum Gasteiger partial charge on any atom is -0.509 e. The Kier molecular flexibility index (Phi) is 7.29. The Morgan fingerprint density at radius 1 is 1.22 bits per heavy atom. The van der Waals surface area contributed by atoms with Crippen molar-refractivity contribution in [2.75, 3.05) is 19.2 Å². The molecule has 0 saturated carbocycles. The molecule has 0 aromatic heterocycles. The molecule has 0 aliphatic carbocycles. The van der Waals surface area contributed by atoms with Crippen molar-refractivity contribution in [1.82, 2.24) is 10.2 Å². The van der Waals surface area contributed by atoms with Crippen LogP contribution in [0, 0.1) is 0 Å². The second-order valence-electron chi connectivity index (χ2n) is 7.45. The van der Waals surface area contributed by atoms with Gasteiger partial charge in [0.05, 0.1) is 5.75 Å². The van der Waals surface area contributed by atoms with Crippen molar-refractivity contribution in [3.63, 3.8) is 0 Å². The Morgan fingerprint density at radius 2 is 1.91 bits per heavy atom. The highest BCUT2D eigenvalue weighted by Crippen LogP contribution is 2.39. The minimum atomic E-state index is -1.000. The molecule has 3 rings (SSSR count). The third-order valence-electron chi connectivity index (χ3n) is 4.83. The fourth-order valence-electron chi connectivity index (χ4n) is 3.14. The molecule has 32 heavy (non-hydrogen) atoms. The molecule has 1 unspecified atom stereocenters. The van der Waals surface area contributed by atoms with Crippen LogP contribution in [0.1, 0.15) is 32.3 Å². The molecule has 2 N–H and O–H groups in total. The van der Waals surface area contributed by atoms with Crippen molar-refractivity contribution < 1.29 is 38.5 Å². The molecule has 1 fully saturated rings. The summed E-state index contributed by atoms with van der Waals surface area (Å²) >= 11 is 1.19. The average molecular weight is 464 g/mol. The lowest BCUT2D eigenvalue weighted by atomic mass is 10.0. The van der Waals surface area contributed by atoms with Gasteiger partial charge < -0.3 is 24.6 Å². The highest BCUT2D eigenvalue weighted by molar-refractivity contribution is 8.00. The Hall–Kier alpha value is -3.21. The van der Waals surface area contributed by atoms with Gasteiger partial charge in [-0.05, 0) is 23.6 Å². The van der Waals surface area contributed by atoms with Crippen LogP contribution in [-0.4, -0.2) is 64.3 Å². The number of fused-ring (bicyclic) bond motifs is 1. The first-order chi connectivity index (χ1) is 15.2. The van der Waals surface area contributed by atoms with Crippen LogP contribution in [0.4, 0.5) is 0 Å². The van der Waals surface area contributed by atoms with Crippen molar-refractivity contribution >= 4 is 35.5 Å². The van der Waals surface area contributed by atoms with Crippen LogP contribution in [0.5, 0.6) is 5.75 Å². The van der Waals surface area contributed by atoms with Gasteiger partial charge in [0, 0.05) is 6.92 Å². The fraction of sp³-hybridized carbons (Fsp3) is 0.429. The summed E-state index contributed by atoms with van der Waals surface area (Å²) in [5, 5.41) is 12.1. The number of carbonyl (C=O) groups excluding carboxylic acids is 4. The van der Waals surface area contributed by atoms with Crippen LogP contribution in [0.2, 0.25) is 0 Å². The van der Waals surface area contributed by atoms with Gasteiger partial charge in [-0.2, -0.15) is 0 Å². The summed E-state index contributed by atoms with van der Waals surface area (Å²) in [6, 6.07) is 6.52. The third-order valence-corrected chi connectivity index (χ3v) is 6.09. The van der Waals surface area contributed by atoms with Crippen LogP contribution >= 0.6 is 11.8 Å². The maximum absolute atomic E-state index is 12.6. The van der Waals surface area contributed by atoms with Gasteiger partial charge >= 0.3 is 11.9 Å². The van der Waals surface area contributed by atoms with E-state index in [1.165, 1.54) is 11.8 Å². The number of hydrogen-bond acceptors (Lipinski definition) is 9. The van der Waals surface area contributed by atoms with E-state index in [2.05, 4.69) is 23.9 Å². The number of esters is 2. The summed E-state index contributed by atoms with van der Waals surface area (Å²) in [4.78, 5) is 48.9. The number of carbonyl (C=O) groups is 4. The highest BCUT2D eigenvalue weighted by atomic mass is 32.2. The first kappa shape index (κ1) is 23.5. The quantitative estimate of drug-likeness (QED) is 0.333. The number of β-lactam (4-membered cyclic amide) rings is 1. The van der Waals surface area contributed by atoms with Gasteiger partial charge in [-0.25, -0.2) is 4.79 Å². The first-order valence-electron chi connectivity index (χ1n) is 9.88. The molecule has 1 saturated heterocycles. The SMILES string of the molecule is CC(=O)OCOC(=O)C1=C(O)CS[C@H]2C(NC(=O)COc3ccc(C(C)C)cc3)C(=O)N12. The van der Waals surface area contributed by atoms with E-state index in [0.29, 0.717) is 11.7 Å². The summed E-state index contributed by atoms with van der Waals surface area (Å²) in [5.74, 6) is -2.07. The maximum Gasteiger partial charge on any atom is 0.361 e. The second-order valence-corrected chi connectivity index (χ2v) is 8.55. The summed E-state index contributed by atoms with van der Waals surface area (Å²) in [7, 11) is 0. The van der Waals surface area contributed by atoms with Gasteiger partial charge in [0.2, 0.25) is 6.79 Å². The lowest BCUT2D eigenvalue weighted by Gasteiger charge is -2.48. The largest absolute Gasteiger partial charge is 0.509 e. The fourth-order valence-corrected chi connectivity index (χ4v) is 4.34. The van der Waals surface area contributed by atoms with E-state index in [1.807, 2.05) is 12.1 Å². The van der Waals surface area contributed by atoms with E-state index in [1.54, 1.807) is 12.1 Å². The Balaban J connectivity index is 1.54. The highest BCUT2D eigenvalue weighted by Gasteiger charge is 2.54. The second kappa shape index (κ2) is 9.94. The lowest BCUT2D eigenvalue weighted by Crippen LogP contribution is -2.71. The van der Waals surface area contributed by atoms with Crippen LogP contribution in [0.15, 0.2) is 35.7 Å². The number of nitrogens with zero attached hydrogens (tertiary/aromatic N) is 1. The van der Waals surface area contributed by atoms with E-state index in [9.17, 15) is 24.3 Å². The molecule has 0 bridgehead atoms. The van der Waals surface area contributed by atoms with E-state index < -0.39 is 42.0 Å². The number of nitrogens with one attached hydrogen (secondary N) is 1. The van der Waals surface area contributed by atoms with E-state index >= 15 is 0 Å². The summed E-state index contributed by atoms with van der Waals surface area (Å²) in [6.45, 7) is 4.38. The van der Waals surface area contributed by atoms with Crippen molar-refractivity contribution in [3.05, 3.63) is 41.3 Å². The smallest absolute Gasteiger partial charge is 0.361 e. The Bertz CT molecular complexity index is 944. The molecule has 2 aliphatic rings. The predicted octanol–water partition coefficient (Wildman–Crippen LogP) is 1.42. The Morgan fingerprint density at radius 3 is 2.53 bits per heavy atom. The van der Waals surface area contributed by atoms with Crippen molar-refractivity contribution in [1.29, 1.82) is 0 Å². The number of thioether (sulfide) groups is 1. The molecule has 2 atom stereocenters. The van der Waals surface area contributed by atoms with Gasteiger partial charge in [0.1, 0.15) is 22.9 Å². The van der Waals surface area contributed by atoms with E-state index in [-0.39, 0.29) is 23.8 Å². The monoisotopic (exact) mass is 464 g/mol. The topological polar surface area (TPSA) is 131 Å². The molecule has 2 amide bonds. The molecular formula is C21H24N2O8S. The summed E-state index contributed by atoms with van der Waals surface area (Å²) < 4.78 is 14.8. The zero-order chi connectivity index (χ0) is 23.4. The van der Waals surface area contributed by atoms with Gasteiger partial charge in [-0.15, -0.1) is 11.8 Å². The zero-order valence-electron chi connectivity index (χ0n) is 17.8. The number of aliphatic hydroxyl groups is 1. The number of aliphatic hydroxyl groups excluding tert-OH is 1. The van der Waals surface area contributed by atoms with Crippen molar-refractivity contribution in [2.45, 2.75) is 38.1 Å². The van der Waals surface area contributed by atoms with Gasteiger partial charge in [0.15, 0.2) is 12.3 Å². The van der Waals surface area contributed by atoms with Crippen LogP contribution in [0.3, 0.4) is 0 Å². The van der Waals surface area contributed by atoms with Crippen molar-refractivity contribution in [2.24, 2.45) is 0 Å². The molecule has 1 aromatic rings. The molecule has 0 radical (unpaired) electrons. The van der Waals surface area contributed by atoms with Gasteiger partial charge in [0.25, 0.3) is 11.8 Å². The number of benzene rings is 1.